The van der Waals surface area contributed by atoms with Crippen LogP contribution in [0.3, 0.4) is 0 Å². The van der Waals surface area contributed by atoms with Gasteiger partial charge in [-0.1, -0.05) is 48.9 Å². The zero-order valence-electron chi connectivity index (χ0n) is 33.5. The molecule has 61 heavy (non-hydrogen) atoms. The molecular formula is C40H55N7O12S2. The molecule has 0 spiro atoms. The Labute approximate surface area is 361 Å². The van der Waals surface area contributed by atoms with E-state index in [-0.39, 0.29) is 55.9 Å². The third-order valence-electron chi connectivity index (χ3n) is 8.93. The lowest BCUT2D eigenvalue weighted by molar-refractivity contribution is -0.137. The summed E-state index contributed by atoms with van der Waals surface area (Å²) in [7, 11) is 0. The summed E-state index contributed by atoms with van der Waals surface area (Å²) in [6, 6.07) is 8.84. The van der Waals surface area contributed by atoms with Gasteiger partial charge in [0.15, 0.2) is 0 Å². The van der Waals surface area contributed by atoms with Gasteiger partial charge in [-0.2, -0.15) is 23.5 Å². The Hall–Kier alpha value is -5.83. The number of aliphatic carboxylic acids is 2. The van der Waals surface area contributed by atoms with Crippen LogP contribution in [-0.4, -0.2) is 115 Å². The van der Waals surface area contributed by atoms with Crippen molar-refractivity contribution in [3.63, 3.8) is 0 Å². The van der Waals surface area contributed by atoms with Gasteiger partial charge in [-0.3, -0.25) is 43.2 Å². The van der Waals surface area contributed by atoms with Gasteiger partial charge in [0.05, 0.1) is 12.8 Å². The summed E-state index contributed by atoms with van der Waals surface area (Å²) in [5.74, 6) is -6.51. The monoisotopic (exact) mass is 889 g/mol. The van der Waals surface area contributed by atoms with Gasteiger partial charge in [-0.15, -0.1) is 0 Å². The predicted molar refractivity (Wildman–Crippen MR) is 228 cm³/mol. The number of hydrogen-bond donors (Lipinski definition) is 10. The molecule has 334 valence electrons. The van der Waals surface area contributed by atoms with Crippen molar-refractivity contribution < 1.29 is 58.5 Å². The maximum absolute atomic E-state index is 14.1. The van der Waals surface area contributed by atoms with Gasteiger partial charge in [-0.05, 0) is 42.5 Å². The summed E-state index contributed by atoms with van der Waals surface area (Å²) in [4.78, 5) is 112. The Balaban J connectivity index is 2.31. The van der Waals surface area contributed by atoms with E-state index in [1.807, 2.05) is 0 Å². The molecule has 0 saturated carbocycles. The van der Waals surface area contributed by atoms with Crippen LogP contribution in [-0.2, 0) is 56.0 Å². The summed E-state index contributed by atoms with van der Waals surface area (Å²) < 4.78 is 0. The number of unbranched alkanes of at least 4 members (excludes halogenated alkanes) is 1. The summed E-state index contributed by atoms with van der Waals surface area (Å²) in [6.45, 7) is 0. The fraction of sp³-hybridized carbons (Fsp3) is 0.475. The van der Waals surface area contributed by atoms with E-state index in [1.54, 1.807) is 42.5 Å². The van der Waals surface area contributed by atoms with Crippen LogP contribution in [0, 0.1) is 0 Å². The van der Waals surface area contributed by atoms with Crippen molar-refractivity contribution in [1.82, 2.24) is 21.3 Å². The maximum atomic E-state index is 14.1. The van der Waals surface area contributed by atoms with E-state index in [4.69, 9.17) is 27.4 Å². The van der Waals surface area contributed by atoms with E-state index < -0.39 is 83.9 Å². The molecule has 0 aliphatic heterocycles. The standard InChI is InChI=1S/C40H55N7O12S2/c41-32(49)15-14-28(38(57)46-29(37(43)56)22-33(42)50)45-40(59)31(20-24-6-2-1-3-7-24)47-39(58)30(21-25-10-12-26(48)13-11-25)44-34(51)16-19-61-27(8-4-5-9-35(52)53)23-60-18-17-36(54)55/h1-3,6-7,10-13,27-31,48H,4-5,8-9,14-23H2,(H2,41,49)(H2,42,50)(H2,43,56)(H,44,51)(H,45,59)(H,46,57)(H,47,58)(H,52,53)(H,54,55)/t27?,28-,29?,30-,31-/m0/s1. The fourth-order valence-electron chi connectivity index (χ4n) is 5.75. The smallest absolute Gasteiger partial charge is 0.304 e. The molecule has 0 fully saturated rings. The molecule has 2 unspecified atom stereocenters. The van der Waals surface area contributed by atoms with Crippen LogP contribution in [0.4, 0.5) is 0 Å². The molecule has 0 heterocycles. The number of primary amides is 3. The fourth-order valence-corrected chi connectivity index (χ4v) is 8.31. The van der Waals surface area contributed by atoms with Gasteiger partial charge >= 0.3 is 11.9 Å². The molecule has 2 rings (SSSR count). The molecule has 0 saturated heterocycles. The second-order valence-electron chi connectivity index (χ2n) is 14.0. The number of phenolic OH excluding ortho intramolecular Hbond substituents is 1. The third kappa shape index (κ3) is 22.4. The second kappa shape index (κ2) is 27.8. The number of benzene rings is 2. The van der Waals surface area contributed by atoms with Gasteiger partial charge in [-0.25, -0.2) is 0 Å². The zero-order chi connectivity index (χ0) is 45.3. The number of carboxylic acid groups (broad SMARTS) is 2. The van der Waals surface area contributed by atoms with Crippen LogP contribution in [0.2, 0.25) is 0 Å². The minimum absolute atomic E-state index is 0.00690. The van der Waals surface area contributed by atoms with Crippen LogP contribution in [0.25, 0.3) is 0 Å². The molecule has 21 heteroatoms. The Morgan fingerprint density at radius 2 is 1.13 bits per heavy atom. The quantitative estimate of drug-likeness (QED) is 0.0449. The van der Waals surface area contributed by atoms with E-state index in [2.05, 4.69) is 21.3 Å². The van der Waals surface area contributed by atoms with Gasteiger partial charge in [0.2, 0.25) is 41.4 Å². The highest BCUT2D eigenvalue weighted by Crippen LogP contribution is 2.24. The molecule has 0 aromatic heterocycles. The van der Waals surface area contributed by atoms with E-state index >= 15 is 0 Å². The topological polar surface area (TPSA) is 340 Å². The summed E-state index contributed by atoms with van der Waals surface area (Å²) in [6.07, 6.45) is 0.233. The van der Waals surface area contributed by atoms with Crippen LogP contribution >= 0.6 is 23.5 Å². The Bertz CT molecular complexity index is 1780. The summed E-state index contributed by atoms with van der Waals surface area (Å²) >= 11 is 2.93. The molecule has 7 amide bonds. The van der Waals surface area contributed by atoms with E-state index in [0.717, 1.165) is 0 Å². The number of thioether (sulfide) groups is 2. The lowest BCUT2D eigenvalue weighted by atomic mass is 10.0. The number of carbonyl (C=O) groups is 9. The first kappa shape index (κ1) is 51.3. The third-order valence-corrected chi connectivity index (χ3v) is 11.6. The summed E-state index contributed by atoms with van der Waals surface area (Å²) in [5, 5.41) is 38.0. The van der Waals surface area contributed by atoms with Crippen molar-refractivity contribution >= 4 is 76.8 Å². The van der Waals surface area contributed by atoms with Gasteiger partial charge < -0.3 is 53.8 Å². The average Bonchev–Trinajstić information content (AvgIpc) is 3.19. The second-order valence-corrected chi connectivity index (χ2v) is 16.6. The number of amides is 7. The van der Waals surface area contributed by atoms with E-state index in [1.165, 1.54) is 35.7 Å². The first-order valence-electron chi connectivity index (χ1n) is 19.4. The molecular weight excluding hydrogens is 835 g/mol. The number of nitrogens with two attached hydrogens (primary N) is 3. The first-order chi connectivity index (χ1) is 28.9. The lowest BCUT2D eigenvalue weighted by Crippen LogP contribution is -2.59. The SMILES string of the molecule is NC(=O)CC[C@H](NC(=O)[C@H](Cc1ccccc1)NC(=O)[C@H](Cc1ccc(O)cc1)NC(=O)CCSC(CCCCC(=O)O)CSCCC(=O)O)C(=O)NC(CC(N)=O)C(N)=O. The lowest BCUT2D eigenvalue weighted by Gasteiger charge is -2.26. The van der Waals surface area contributed by atoms with Crippen LogP contribution < -0.4 is 38.5 Å². The molecule has 2 aromatic carbocycles. The highest BCUT2D eigenvalue weighted by molar-refractivity contribution is 8.03. The molecule has 0 radical (unpaired) electrons. The minimum atomic E-state index is -1.53. The summed E-state index contributed by atoms with van der Waals surface area (Å²) in [5.41, 5.74) is 17.0. The zero-order valence-corrected chi connectivity index (χ0v) is 35.2. The molecule has 2 aromatic rings. The van der Waals surface area contributed by atoms with Crippen molar-refractivity contribution in [3.05, 3.63) is 65.7 Å². The molecule has 0 aliphatic carbocycles. The van der Waals surface area contributed by atoms with Crippen molar-refractivity contribution in [2.24, 2.45) is 17.2 Å². The van der Waals surface area contributed by atoms with Crippen molar-refractivity contribution in [3.8, 4) is 5.75 Å². The number of carboxylic acids is 2. The largest absolute Gasteiger partial charge is 0.508 e. The molecule has 13 N–H and O–H groups in total. The maximum Gasteiger partial charge on any atom is 0.304 e. The van der Waals surface area contributed by atoms with Gasteiger partial charge in [0.25, 0.3) is 0 Å². The number of hydrogen-bond acceptors (Lipinski definition) is 12. The van der Waals surface area contributed by atoms with Crippen molar-refractivity contribution in [2.75, 3.05) is 17.3 Å². The minimum Gasteiger partial charge on any atom is -0.508 e. The van der Waals surface area contributed by atoms with Crippen molar-refractivity contribution in [1.29, 1.82) is 0 Å². The number of nitrogens with one attached hydrogen (secondary N) is 4. The number of carbonyl (C=O) groups excluding carboxylic acids is 7. The molecule has 0 bridgehead atoms. The van der Waals surface area contributed by atoms with Gasteiger partial charge in [0, 0.05) is 54.6 Å². The Morgan fingerprint density at radius 3 is 1.70 bits per heavy atom. The Morgan fingerprint density at radius 1 is 0.574 bits per heavy atom. The van der Waals surface area contributed by atoms with Crippen LogP contribution in [0.1, 0.15) is 68.9 Å². The van der Waals surface area contributed by atoms with Gasteiger partial charge in [0.1, 0.15) is 29.9 Å². The number of rotatable bonds is 31. The van der Waals surface area contributed by atoms with E-state index in [9.17, 15) is 48.3 Å². The van der Waals surface area contributed by atoms with E-state index in [0.29, 0.717) is 47.6 Å². The molecule has 19 nitrogen and oxygen atoms in total. The Kier molecular flexibility index (Phi) is 23.4. The average molecular weight is 890 g/mol. The van der Waals surface area contributed by atoms with Crippen molar-refractivity contribution in [2.45, 2.75) is 100 Å². The van der Waals surface area contributed by atoms with Crippen LogP contribution in [0.15, 0.2) is 54.6 Å². The normalized spacial score (nSPS) is 13.3. The molecule has 5 atom stereocenters. The first-order valence-corrected chi connectivity index (χ1v) is 21.6. The highest BCUT2D eigenvalue weighted by Gasteiger charge is 2.32. The number of phenols is 1. The van der Waals surface area contributed by atoms with Crippen LogP contribution in [0.5, 0.6) is 5.75 Å². The number of aromatic hydroxyl groups is 1. The molecule has 0 aliphatic rings. The predicted octanol–water partition coefficient (Wildman–Crippen LogP) is 0.0876. The highest BCUT2D eigenvalue weighted by atomic mass is 32.2.